The number of halogens is 3. The van der Waals surface area contributed by atoms with E-state index in [9.17, 15) is 23.6 Å². The first-order valence-corrected chi connectivity index (χ1v) is 15.5. The van der Waals surface area contributed by atoms with Crippen molar-refractivity contribution in [1.82, 2.24) is 25.7 Å². The Morgan fingerprint density at radius 1 is 1.09 bits per heavy atom. The maximum atomic E-state index is 15.5. The summed E-state index contributed by atoms with van der Waals surface area (Å²) in [5, 5.41) is 16.5. The first kappa shape index (κ1) is 31.9. The second-order valence-corrected chi connectivity index (χ2v) is 12.2. The number of fused-ring (bicyclic) bond motifs is 1. The van der Waals surface area contributed by atoms with Crippen LogP contribution in [0.2, 0.25) is 5.02 Å². The average Bonchev–Trinajstić information content (AvgIpc) is 3.83. The second kappa shape index (κ2) is 13.4. The maximum Gasteiger partial charge on any atom is 0.321 e. The van der Waals surface area contributed by atoms with E-state index in [-0.39, 0.29) is 41.6 Å². The van der Waals surface area contributed by atoms with E-state index in [1.54, 1.807) is 30.3 Å². The number of aliphatic imine (C=N–C) groups is 1. The zero-order valence-corrected chi connectivity index (χ0v) is 25.8. The molecule has 4 atom stereocenters. The van der Waals surface area contributed by atoms with Crippen molar-refractivity contribution >= 4 is 63.7 Å². The molecule has 3 aliphatic heterocycles. The predicted molar refractivity (Wildman–Crippen MR) is 168 cm³/mol. The van der Waals surface area contributed by atoms with Gasteiger partial charge in [-0.15, -0.1) is 0 Å². The number of nitrogens with one attached hydrogen (secondary N) is 3. The molecule has 3 aliphatic rings. The number of nitrogens with zero attached hydrogens (tertiary/aromatic N) is 5. The van der Waals surface area contributed by atoms with Gasteiger partial charge in [-0.05, 0) is 12.1 Å². The highest BCUT2D eigenvalue weighted by Crippen LogP contribution is 2.36. The average molecular weight is 686 g/mol. The summed E-state index contributed by atoms with van der Waals surface area (Å²) in [6, 6.07) is 9.87. The van der Waals surface area contributed by atoms with Crippen LogP contribution in [0.5, 0.6) is 0 Å². The van der Waals surface area contributed by atoms with E-state index in [0.717, 1.165) is 16.7 Å². The van der Waals surface area contributed by atoms with Crippen LogP contribution >= 0.6 is 23.4 Å². The molecule has 6 rings (SSSR count). The van der Waals surface area contributed by atoms with Gasteiger partial charge in [-0.25, -0.2) is 18.6 Å². The number of hydrogen-bond acceptors (Lipinski definition) is 10. The third kappa shape index (κ3) is 6.76. The summed E-state index contributed by atoms with van der Waals surface area (Å²) >= 11 is 7.27. The third-order valence-electron chi connectivity index (χ3n) is 7.55. The lowest BCUT2D eigenvalue weighted by molar-refractivity contribution is -0.137. The Kier molecular flexibility index (Phi) is 9.08. The van der Waals surface area contributed by atoms with Crippen LogP contribution in [0.15, 0.2) is 69.4 Å². The van der Waals surface area contributed by atoms with Gasteiger partial charge in [0.1, 0.15) is 42.1 Å². The van der Waals surface area contributed by atoms with Crippen LogP contribution in [0, 0.1) is 5.82 Å². The Morgan fingerprint density at radius 3 is 2.62 bits per heavy atom. The summed E-state index contributed by atoms with van der Waals surface area (Å²) in [4.78, 5) is 56.8. The van der Waals surface area contributed by atoms with E-state index in [0.29, 0.717) is 16.3 Å². The molecule has 5 amide bonds. The molecule has 0 saturated carbocycles. The van der Waals surface area contributed by atoms with Crippen LogP contribution in [0.4, 0.5) is 19.3 Å². The van der Waals surface area contributed by atoms with E-state index < -0.39 is 59.7 Å². The van der Waals surface area contributed by atoms with Gasteiger partial charge in [0, 0.05) is 28.6 Å². The molecule has 1 fully saturated rings. The normalized spacial score (nSPS) is 21.6. The number of urea groups is 1. The van der Waals surface area contributed by atoms with E-state index in [1.807, 2.05) is 0 Å². The molecular formula is C29H26ClF2N9O5S. The SMILES string of the molecule is NC(=O)C1=NN(CC(=O)N2C[C@H](F)C[C@H]2C(=O)Nc2cccc(-c3ccccc3Cl)c2F)C2SC(NC(=O)NCc3ccon3)=NC12. The predicted octanol–water partition coefficient (Wildman–Crippen LogP) is 2.47. The number of carbonyl (C=O) groups excluding carboxylic acids is 4. The monoisotopic (exact) mass is 685 g/mol. The molecule has 2 unspecified atom stereocenters. The zero-order valence-electron chi connectivity index (χ0n) is 24.2. The molecule has 2 aromatic carbocycles. The summed E-state index contributed by atoms with van der Waals surface area (Å²) in [5.74, 6) is -3.07. The molecule has 244 valence electrons. The van der Waals surface area contributed by atoms with Gasteiger partial charge in [0.2, 0.25) is 11.8 Å². The van der Waals surface area contributed by atoms with Crippen molar-refractivity contribution in [1.29, 1.82) is 0 Å². The number of alkyl halides is 1. The molecule has 0 spiro atoms. The van der Waals surface area contributed by atoms with Gasteiger partial charge >= 0.3 is 6.03 Å². The van der Waals surface area contributed by atoms with Crippen molar-refractivity contribution in [3.8, 4) is 11.1 Å². The number of likely N-dealkylation sites (tertiary alicyclic amines) is 1. The fourth-order valence-corrected chi connectivity index (χ4v) is 6.72. The van der Waals surface area contributed by atoms with Crippen molar-refractivity contribution in [2.75, 3.05) is 18.4 Å². The standard InChI is InChI=1S/C29H26ClF2N9O5S/c30-18-6-2-1-4-16(18)17-5-3-7-19(22(17)32)35-26(44)20-10-14(31)12-40(20)21(42)13-41-27-24(23(38-41)25(33)43)36-29(47-27)37-28(45)34-11-15-8-9-46-39-15/h1-9,14,20,24,27H,10-13H2,(H2,33,43)(H,35,44)(H2,34,36,37,45)/t14-,20+,24?,27?/m1/s1. The minimum absolute atomic E-state index is 0.0847. The van der Waals surface area contributed by atoms with Crippen molar-refractivity contribution in [3.05, 3.63) is 71.3 Å². The minimum Gasteiger partial charge on any atom is -0.364 e. The van der Waals surface area contributed by atoms with E-state index >= 15 is 4.39 Å². The Morgan fingerprint density at radius 2 is 1.87 bits per heavy atom. The highest BCUT2D eigenvalue weighted by Gasteiger charge is 2.47. The van der Waals surface area contributed by atoms with E-state index in [4.69, 9.17) is 21.9 Å². The molecule has 18 heteroatoms. The number of thioether (sulfide) groups is 1. The van der Waals surface area contributed by atoms with Gasteiger partial charge in [-0.1, -0.05) is 58.9 Å². The van der Waals surface area contributed by atoms with Gasteiger partial charge in [0.25, 0.3) is 5.91 Å². The number of rotatable bonds is 8. The van der Waals surface area contributed by atoms with Crippen LogP contribution < -0.4 is 21.7 Å². The summed E-state index contributed by atoms with van der Waals surface area (Å²) in [5.41, 5.74) is 6.28. The number of hydrazone groups is 1. The number of amides is 5. The van der Waals surface area contributed by atoms with Crippen molar-refractivity contribution < 1.29 is 32.5 Å². The Hall–Kier alpha value is -5.03. The molecule has 0 aliphatic carbocycles. The van der Waals surface area contributed by atoms with Gasteiger partial charge in [0.05, 0.1) is 18.8 Å². The van der Waals surface area contributed by atoms with Crippen LogP contribution in [-0.4, -0.2) is 86.4 Å². The van der Waals surface area contributed by atoms with Crippen molar-refractivity contribution in [3.63, 3.8) is 0 Å². The summed E-state index contributed by atoms with van der Waals surface area (Å²) in [6.07, 6.45) is -0.458. The fraction of sp³-hybridized carbons (Fsp3) is 0.276. The molecule has 14 nitrogen and oxygen atoms in total. The van der Waals surface area contributed by atoms with Crippen molar-refractivity contribution in [2.24, 2.45) is 15.8 Å². The number of hydrogen-bond donors (Lipinski definition) is 4. The summed E-state index contributed by atoms with van der Waals surface area (Å²) in [6.45, 7) is -0.754. The number of nitrogens with two attached hydrogens (primary N) is 1. The summed E-state index contributed by atoms with van der Waals surface area (Å²) in [7, 11) is 0. The van der Waals surface area contributed by atoms with Gasteiger partial charge in [-0.3, -0.25) is 24.7 Å². The fourth-order valence-electron chi connectivity index (χ4n) is 5.37. The van der Waals surface area contributed by atoms with Crippen molar-refractivity contribution in [2.45, 2.75) is 36.6 Å². The molecule has 1 aromatic heterocycles. The lowest BCUT2D eigenvalue weighted by atomic mass is 10.0. The highest BCUT2D eigenvalue weighted by atomic mass is 35.5. The minimum atomic E-state index is -1.51. The first-order valence-electron chi connectivity index (χ1n) is 14.2. The van der Waals surface area contributed by atoms with Gasteiger partial charge in [-0.2, -0.15) is 5.10 Å². The van der Waals surface area contributed by atoms with Crippen LogP contribution in [0.1, 0.15) is 12.1 Å². The quantitative estimate of drug-likeness (QED) is 0.278. The molecule has 5 N–H and O–H groups in total. The van der Waals surface area contributed by atoms with Gasteiger partial charge in [0.15, 0.2) is 16.7 Å². The molecule has 4 heterocycles. The number of benzene rings is 2. The van der Waals surface area contributed by atoms with E-state index in [1.165, 1.54) is 29.5 Å². The number of carbonyl (C=O) groups is 4. The lowest BCUT2D eigenvalue weighted by Gasteiger charge is -2.27. The Labute approximate surface area is 274 Å². The molecule has 0 bridgehead atoms. The van der Waals surface area contributed by atoms with Crippen LogP contribution in [0.3, 0.4) is 0 Å². The zero-order chi connectivity index (χ0) is 33.2. The Balaban J connectivity index is 1.12. The highest BCUT2D eigenvalue weighted by molar-refractivity contribution is 8.14. The summed E-state index contributed by atoms with van der Waals surface area (Å²) < 4.78 is 34.9. The Bertz CT molecular complexity index is 1790. The largest absolute Gasteiger partial charge is 0.364 e. The lowest BCUT2D eigenvalue weighted by Crippen LogP contribution is -2.47. The molecule has 47 heavy (non-hydrogen) atoms. The maximum absolute atomic E-state index is 15.5. The number of amidine groups is 1. The second-order valence-electron chi connectivity index (χ2n) is 10.7. The number of aromatic nitrogens is 1. The van der Waals surface area contributed by atoms with Crippen LogP contribution in [0.25, 0.3) is 11.1 Å². The number of primary amides is 1. The van der Waals surface area contributed by atoms with Gasteiger partial charge < -0.3 is 25.8 Å². The third-order valence-corrected chi connectivity index (χ3v) is 9.06. The first-order chi connectivity index (χ1) is 22.6. The smallest absolute Gasteiger partial charge is 0.321 e. The van der Waals surface area contributed by atoms with E-state index in [2.05, 4.69) is 31.2 Å². The molecule has 1 saturated heterocycles. The molecular weight excluding hydrogens is 660 g/mol. The van der Waals surface area contributed by atoms with Crippen LogP contribution in [-0.2, 0) is 20.9 Å². The molecule has 3 aromatic rings. The topological polar surface area (TPSA) is 188 Å². The molecule has 0 radical (unpaired) electrons. The number of anilines is 1.